The molecule has 0 radical (unpaired) electrons. The number of aromatic amines is 1. The Balaban J connectivity index is 1.69. The lowest BCUT2D eigenvalue weighted by Crippen LogP contribution is -2.41. The third kappa shape index (κ3) is 3.49. The molecule has 2 amide bonds. The van der Waals surface area contributed by atoms with Gasteiger partial charge in [-0.15, -0.1) is 11.3 Å². The number of hydrogen-bond acceptors (Lipinski definition) is 6. The summed E-state index contributed by atoms with van der Waals surface area (Å²) in [5, 5.41) is 0.540. The minimum Gasteiger partial charge on any atom is -0.356 e. The zero-order valence-corrected chi connectivity index (χ0v) is 14.7. The summed E-state index contributed by atoms with van der Waals surface area (Å²) in [6, 6.07) is 3.30. The van der Waals surface area contributed by atoms with Crippen molar-refractivity contribution in [2.75, 3.05) is 0 Å². The van der Waals surface area contributed by atoms with Gasteiger partial charge in [0, 0.05) is 23.1 Å². The number of hydrazine groups is 1. The van der Waals surface area contributed by atoms with Gasteiger partial charge in [-0.25, -0.2) is 15.0 Å². The van der Waals surface area contributed by atoms with E-state index in [9.17, 15) is 9.59 Å². The van der Waals surface area contributed by atoms with Crippen LogP contribution in [0.3, 0.4) is 0 Å². The van der Waals surface area contributed by atoms with Crippen molar-refractivity contribution in [2.45, 2.75) is 6.92 Å². The quantitative estimate of drug-likeness (QED) is 0.576. The molecule has 0 aromatic carbocycles. The SMILES string of the molecule is Cc1nc(-c2ncccn2)sc1C(=O)NNC(=O)c1cc(Br)c[nH]1. The van der Waals surface area contributed by atoms with Crippen LogP contribution in [0.2, 0.25) is 0 Å². The predicted molar refractivity (Wildman–Crippen MR) is 91.3 cm³/mol. The maximum atomic E-state index is 12.2. The van der Waals surface area contributed by atoms with Gasteiger partial charge in [-0.3, -0.25) is 20.4 Å². The molecule has 122 valence electrons. The van der Waals surface area contributed by atoms with E-state index in [1.165, 1.54) is 0 Å². The van der Waals surface area contributed by atoms with Crippen LogP contribution in [0, 0.1) is 6.92 Å². The monoisotopic (exact) mass is 406 g/mol. The van der Waals surface area contributed by atoms with Crippen molar-refractivity contribution < 1.29 is 9.59 Å². The normalized spacial score (nSPS) is 10.4. The molecule has 3 N–H and O–H groups in total. The Morgan fingerprint density at radius 3 is 2.58 bits per heavy atom. The Labute approximate surface area is 148 Å². The molecule has 0 aliphatic rings. The third-order valence-corrected chi connectivity index (χ3v) is 4.55. The zero-order valence-electron chi connectivity index (χ0n) is 12.3. The number of nitrogens with one attached hydrogen (secondary N) is 3. The highest BCUT2D eigenvalue weighted by molar-refractivity contribution is 9.10. The standard InChI is InChI=1S/C14H11BrN6O2S/c1-7-10(24-14(19-7)11-16-3-2-4-17-11)13(23)21-20-12(22)9-5-8(15)6-18-9/h2-6,18H,1H3,(H,20,22)(H,21,23). The molecule has 0 saturated heterocycles. The fourth-order valence-corrected chi connectivity index (χ4v) is 3.10. The first-order valence-corrected chi connectivity index (χ1v) is 8.35. The number of amides is 2. The second-order valence-corrected chi connectivity index (χ2v) is 6.56. The van der Waals surface area contributed by atoms with E-state index < -0.39 is 11.8 Å². The third-order valence-electron chi connectivity index (χ3n) is 2.94. The topological polar surface area (TPSA) is 113 Å². The largest absolute Gasteiger partial charge is 0.356 e. The van der Waals surface area contributed by atoms with Crippen LogP contribution in [0.1, 0.15) is 25.9 Å². The zero-order chi connectivity index (χ0) is 17.1. The second kappa shape index (κ2) is 6.89. The van der Waals surface area contributed by atoms with Crippen molar-refractivity contribution in [2.24, 2.45) is 0 Å². The van der Waals surface area contributed by atoms with E-state index in [1.807, 2.05) is 0 Å². The minimum atomic E-state index is -0.456. The van der Waals surface area contributed by atoms with Gasteiger partial charge in [0.25, 0.3) is 11.8 Å². The molecule has 8 nitrogen and oxygen atoms in total. The summed E-state index contributed by atoms with van der Waals surface area (Å²) in [6.45, 7) is 1.71. The van der Waals surface area contributed by atoms with Crippen LogP contribution >= 0.6 is 27.3 Å². The Morgan fingerprint density at radius 1 is 1.21 bits per heavy atom. The maximum Gasteiger partial charge on any atom is 0.286 e. The second-order valence-electron chi connectivity index (χ2n) is 4.65. The number of halogens is 1. The van der Waals surface area contributed by atoms with Crippen LogP contribution in [0.4, 0.5) is 0 Å². The highest BCUT2D eigenvalue weighted by Crippen LogP contribution is 2.24. The summed E-state index contributed by atoms with van der Waals surface area (Å²) in [7, 11) is 0. The van der Waals surface area contributed by atoms with Crippen LogP contribution in [0.25, 0.3) is 10.8 Å². The molecule has 24 heavy (non-hydrogen) atoms. The molecule has 3 aromatic heterocycles. The number of aryl methyl sites for hydroxylation is 1. The molecule has 3 aromatic rings. The van der Waals surface area contributed by atoms with E-state index in [1.54, 1.807) is 37.6 Å². The maximum absolute atomic E-state index is 12.2. The highest BCUT2D eigenvalue weighted by atomic mass is 79.9. The van der Waals surface area contributed by atoms with Crippen molar-refractivity contribution >= 4 is 39.1 Å². The predicted octanol–water partition coefficient (Wildman–Crippen LogP) is 2.07. The number of rotatable bonds is 3. The molecule has 10 heteroatoms. The fraction of sp³-hybridized carbons (Fsp3) is 0.0714. The number of aromatic nitrogens is 4. The molecular weight excluding hydrogens is 396 g/mol. The Morgan fingerprint density at radius 2 is 1.92 bits per heavy atom. The lowest BCUT2D eigenvalue weighted by molar-refractivity contribution is 0.0846. The minimum absolute atomic E-state index is 0.321. The van der Waals surface area contributed by atoms with Gasteiger partial charge < -0.3 is 4.98 Å². The summed E-state index contributed by atoms with van der Waals surface area (Å²) in [4.78, 5) is 39.8. The van der Waals surface area contributed by atoms with E-state index in [4.69, 9.17) is 0 Å². The first kappa shape index (κ1) is 16.3. The van der Waals surface area contributed by atoms with Crippen LogP contribution in [0.5, 0.6) is 0 Å². The van der Waals surface area contributed by atoms with Gasteiger partial charge in [0.15, 0.2) is 10.8 Å². The number of carbonyl (C=O) groups is 2. The van der Waals surface area contributed by atoms with Gasteiger partial charge in [0.1, 0.15) is 10.6 Å². The molecule has 0 fully saturated rings. The van der Waals surface area contributed by atoms with Crippen molar-refractivity contribution in [1.82, 2.24) is 30.8 Å². The Kier molecular flexibility index (Phi) is 4.67. The first-order chi connectivity index (χ1) is 11.5. The number of nitrogens with zero attached hydrogens (tertiary/aromatic N) is 3. The van der Waals surface area contributed by atoms with Crippen LogP contribution in [-0.4, -0.2) is 31.8 Å². The van der Waals surface area contributed by atoms with Crippen molar-refractivity contribution in [3.63, 3.8) is 0 Å². The number of carbonyl (C=O) groups excluding carboxylic acids is 2. The van der Waals surface area contributed by atoms with E-state index >= 15 is 0 Å². The number of thiazole rings is 1. The van der Waals surface area contributed by atoms with Gasteiger partial charge in [-0.2, -0.15) is 0 Å². The summed E-state index contributed by atoms with van der Waals surface area (Å²) < 4.78 is 0.741. The summed E-state index contributed by atoms with van der Waals surface area (Å²) in [5.41, 5.74) is 5.57. The lowest BCUT2D eigenvalue weighted by Gasteiger charge is -2.05. The summed E-state index contributed by atoms with van der Waals surface area (Å²) in [6.07, 6.45) is 4.83. The molecule has 0 aliphatic heterocycles. The molecule has 0 spiro atoms. The molecule has 0 bridgehead atoms. The lowest BCUT2D eigenvalue weighted by atomic mass is 10.4. The molecule has 0 atom stereocenters. The Hall–Kier alpha value is -2.59. The van der Waals surface area contributed by atoms with Gasteiger partial charge in [0.05, 0.1) is 5.69 Å². The van der Waals surface area contributed by atoms with Crippen LogP contribution in [-0.2, 0) is 0 Å². The summed E-state index contributed by atoms with van der Waals surface area (Å²) >= 11 is 4.39. The van der Waals surface area contributed by atoms with Crippen molar-refractivity contribution in [1.29, 1.82) is 0 Å². The van der Waals surface area contributed by atoms with E-state index in [0.29, 0.717) is 27.1 Å². The van der Waals surface area contributed by atoms with Crippen molar-refractivity contribution in [3.8, 4) is 10.8 Å². The van der Waals surface area contributed by atoms with E-state index in [0.717, 1.165) is 15.8 Å². The number of H-pyrrole nitrogens is 1. The summed E-state index contributed by atoms with van der Waals surface area (Å²) in [5.74, 6) is -0.459. The first-order valence-electron chi connectivity index (χ1n) is 6.74. The van der Waals surface area contributed by atoms with Crippen LogP contribution < -0.4 is 10.9 Å². The molecule has 0 unspecified atom stereocenters. The van der Waals surface area contributed by atoms with Crippen LogP contribution in [0.15, 0.2) is 35.2 Å². The van der Waals surface area contributed by atoms with Crippen molar-refractivity contribution in [3.05, 3.63) is 51.5 Å². The van der Waals surface area contributed by atoms with Gasteiger partial charge in [0.2, 0.25) is 0 Å². The number of hydrogen-bond donors (Lipinski definition) is 3. The van der Waals surface area contributed by atoms with E-state index in [-0.39, 0.29) is 0 Å². The highest BCUT2D eigenvalue weighted by Gasteiger charge is 2.18. The smallest absolute Gasteiger partial charge is 0.286 e. The molecule has 0 saturated carbocycles. The average molecular weight is 407 g/mol. The average Bonchev–Trinajstić information content (AvgIpc) is 3.19. The molecule has 3 rings (SSSR count). The molecular formula is C14H11BrN6O2S. The fourth-order valence-electron chi connectivity index (χ4n) is 1.85. The molecule has 3 heterocycles. The Bertz CT molecular complexity index is 892. The van der Waals surface area contributed by atoms with Gasteiger partial charge >= 0.3 is 0 Å². The van der Waals surface area contributed by atoms with E-state index in [2.05, 4.69) is 46.7 Å². The van der Waals surface area contributed by atoms with Gasteiger partial charge in [-0.1, -0.05) is 0 Å². The molecule has 0 aliphatic carbocycles. The van der Waals surface area contributed by atoms with Gasteiger partial charge in [-0.05, 0) is 35.0 Å².